The minimum atomic E-state index is -0.687. The molecule has 28 heavy (non-hydrogen) atoms. The van der Waals surface area contributed by atoms with Crippen LogP contribution >= 0.6 is 0 Å². The summed E-state index contributed by atoms with van der Waals surface area (Å²) in [6.45, 7) is 0. The fourth-order valence-corrected chi connectivity index (χ4v) is 2.65. The van der Waals surface area contributed by atoms with Gasteiger partial charge in [0.15, 0.2) is 5.70 Å². The van der Waals surface area contributed by atoms with E-state index in [4.69, 9.17) is 9.15 Å². The molecule has 2 aromatic carbocycles. The Balaban J connectivity index is 1.62. The molecule has 138 valence electrons. The van der Waals surface area contributed by atoms with Gasteiger partial charge in [-0.3, -0.25) is 10.1 Å². The molecule has 3 aromatic rings. The van der Waals surface area contributed by atoms with Crippen molar-refractivity contribution in [2.75, 3.05) is 0 Å². The maximum absolute atomic E-state index is 13.3. The largest absolute Gasteiger partial charge is 0.457 e. The van der Waals surface area contributed by atoms with E-state index in [-0.39, 0.29) is 17.3 Å². The highest BCUT2D eigenvalue weighted by Crippen LogP contribution is 2.27. The molecule has 1 aromatic heterocycles. The number of halogens is 1. The average molecular weight is 378 g/mol. The second-order valence-corrected chi connectivity index (χ2v) is 5.86. The Morgan fingerprint density at radius 1 is 1.04 bits per heavy atom. The van der Waals surface area contributed by atoms with Crippen LogP contribution in [0.1, 0.15) is 11.3 Å². The highest BCUT2D eigenvalue weighted by molar-refractivity contribution is 6.12. The normalized spacial score (nSPS) is 14.8. The van der Waals surface area contributed by atoms with Crippen LogP contribution in [-0.4, -0.2) is 16.8 Å². The summed E-state index contributed by atoms with van der Waals surface area (Å²) in [6.07, 6.45) is 1.38. The number of rotatable bonds is 4. The summed E-state index contributed by atoms with van der Waals surface area (Å²) in [7, 11) is 0. The summed E-state index contributed by atoms with van der Waals surface area (Å²) in [4.78, 5) is 26.5. The summed E-state index contributed by atoms with van der Waals surface area (Å²) in [5.41, 5.74) is 0.807. The zero-order valence-electron chi connectivity index (χ0n) is 14.2. The van der Waals surface area contributed by atoms with E-state index in [9.17, 15) is 19.3 Å². The van der Waals surface area contributed by atoms with E-state index in [1.54, 1.807) is 30.3 Å². The maximum atomic E-state index is 13.3. The fourth-order valence-electron chi connectivity index (χ4n) is 2.65. The van der Waals surface area contributed by atoms with Crippen molar-refractivity contribution < 1.29 is 23.3 Å². The molecule has 2 heterocycles. The zero-order chi connectivity index (χ0) is 19.7. The number of non-ortho nitro benzene ring substituents is 1. The second-order valence-electron chi connectivity index (χ2n) is 5.86. The summed E-state index contributed by atoms with van der Waals surface area (Å²) in [6, 6.07) is 14.8. The lowest BCUT2D eigenvalue weighted by Crippen LogP contribution is -2.05. The number of carbonyl (C=O) groups excluding carboxylic acids is 1. The fraction of sp³-hybridized carbons (Fsp3) is 0. The van der Waals surface area contributed by atoms with Crippen LogP contribution in [0, 0.1) is 15.9 Å². The van der Waals surface area contributed by atoms with Crippen molar-refractivity contribution in [2.45, 2.75) is 0 Å². The highest BCUT2D eigenvalue weighted by Gasteiger charge is 2.25. The predicted molar refractivity (Wildman–Crippen MR) is 97.8 cm³/mol. The number of furan rings is 1. The minimum Gasteiger partial charge on any atom is -0.457 e. The molecule has 0 bridgehead atoms. The van der Waals surface area contributed by atoms with E-state index < -0.39 is 16.7 Å². The highest BCUT2D eigenvalue weighted by atomic mass is 19.1. The van der Waals surface area contributed by atoms with Gasteiger partial charge in [-0.2, -0.15) is 0 Å². The van der Waals surface area contributed by atoms with E-state index in [2.05, 4.69) is 4.99 Å². The van der Waals surface area contributed by atoms with E-state index in [1.807, 2.05) is 0 Å². The van der Waals surface area contributed by atoms with Crippen molar-refractivity contribution in [3.05, 3.63) is 93.6 Å². The lowest BCUT2D eigenvalue weighted by atomic mass is 10.1. The molecule has 0 amide bonds. The first-order valence-corrected chi connectivity index (χ1v) is 8.13. The van der Waals surface area contributed by atoms with Crippen LogP contribution in [0.3, 0.4) is 0 Å². The Morgan fingerprint density at radius 2 is 1.82 bits per heavy atom. The maximum Gasteiger partial charge on any atom is 0.363 e. The Labute approximate surface area is 157 Å². The SMILES string of the molecule is O=C1OC(c2cccc(F)c2)=N/C1=C\c1ccc(-c2cccc([N+](=O)[O-])c2)o1. The molecule has 0 saturated heterocycles. The molecule has 1 aliphatic heterocycles. The molecule has 8 heteroatoms. The van der Waals surface area contributed by atoms with Gasteiger partial charge in [-0.25, -0.2) is 14.2 Å². The molecular weight excluding hydrogens is 367 g/mol. The Bertz CT molecular complexity index is 1160. The number of ether oxygens (including phenoxy) is 1. The van der Waals surface area contributed by atoms with Crippen LogP contribution in [0.2, 0.25) is 0 Å². The number of carbonyl (C=O) groups is 1. The van der Waals surface area contributed by atoms with Gasteiger partial charge in [0.25, 0.3) is 5.69 Å². The van der Waals surface area contributed by atoms with Crippen molar-refractivity contribution in [1.82, 2.24) is 0 Å². The summed E-state index contributed by atoms with van der Waals surface area (Å²) < 4.78 is 24.1. The summed E-state index contributed by atoms with van der Waals surface area (Å²) in [5.74, 6) is -0.441. The Kier molecular flexibility index (Phi) is 4.29. The van der Waals surface area contributed by atoms with Crippen molar-refractivity contribution in [1.29, 1.82) is 0 Å². The van der Waals surface area contributed by atoms with E-state index in [0.29, 0.717) is 22.6 Å². The Hall–Kier alpha value is -4.07. The Morgan fingerprint density at radius 3 is 2.61 bits per heavy atom. The first-order chi connectivity index (χ1) is 13.5. The van der Waals surface area contributed by atoms with Crippen LogP contribution in [0.5, 0.6) is 0 Å². The predicted octanol–water partition coefficient (Wildman–Crippen LogP) is 4.34. The molecule has 1 aliphatic rings. The van der Waals surface area contributed by atoms with Gasteiger partial charge in [-0.15, -0.1) is 0 Å². The van der Waals surface area contributed by atoms with Crippen LogP contribution in [-0.2, 0) is 9.53 Å². The minimum absolute atomic E-state index is 0.000738. The number of aliphatic imine (C=N–C) groups is 1. The number of hydrogen-bond donors (Lipinski definition) is 0. The molecule has 0 N–H and O–H groups in total. The van der Waals surface area contributed by atoms with Crippen LogP contribution in [0.25, 0.3) is 17.4 Å². The zero-order valence-corrected chi connectivity index (χ0v) is 14.2. The first-order valence-electron chi connectivity index (χ1n) is 8.13. The number of benzene rings is 2. The summed E-state index contributed by atoms with van der Waals surface area (Å²) in [5, 5.41) is 10.9. The first kappa shape index (κ1) is 17.3. The van der Waals surface area contributed by atoms with Gasteiger partial charge in [0.1, 0.15) is 17.3 Å². The van der Waals surface area contributed by atoms with Gasteiger partial charge in [0.2, 0.25) is 5.90 Å². The number of nitro benzene ring substituents is 1. The van der Waals surface area contributed by atoms with Gasteiger partial charge in [0, 0.05) is 29.3 Å². The lowest BCUT2D eigenvalue weighted by molar-refractivity contribution is -0.384. The standard InChI is InChI=1S/C20H11FN2O5/c21-14-5-1-4-13(9-14)19-22-17(20(24)28-19)11-16-7-8-18(27-16)12-3-2-6-15(10-12)23(25)26/h1-11H/b17-11-. The van der Waals surface area contributed by atoms with Crippen LogP contribution in [0.15, 0.2) is 75.8 Å². The number of nitro groups is 1. The van der Waals surface area contributed by atoms with Gasteiger partial charge in [0.05, 0.1) is 4.92 Å². The molecule has 0 radical (unpaired) electrons. The van der Waals surface area contributed by atoms with Crippen molar-refractivity contribution >= 4 is 23.6 Å². The monoisotopic (exact) mass is 378 g/mol. The number of hydrogen-bond acceptors (Lipinski definition) is 6. The third-order valence-electron chi connectivity index (χ3n) is 3.94. The topological polar surface area (TPSA) is 94.9 Å². The molecule has 0 saturated carbocycles. The second kappa shape index (κ2) is 6.92. The van der Waals surface area contributed by atoms with Crippen molar-refractivity contribution in [3.63, 3.8) is 0 Å². The molecule has 0 atom stereocenters. The average Bonchev–Trinajstić information content (AvgIpc) is 3.29. The lowest BCUT2D eigenvalue weighted by Gasteiger charge is -1.98. The van der Waals surface area contributed by atoms with Gasteiger partial charge >= 0.3 is 5.97 Å². The molecule has 4 rings (SSSR count). The molecule has 0 fully saturated rings. The van der Waals surface area contributed by atoms with Crippen LogP contribution in [0.4, 0.5) is 10.1 Å². The van der Waals surface area contributed by atoms with Gasteiger partial charge in [-0.05, 0) is 30.3 Å². The van der Waals surface area contributed by atoms with Crippen LogP contribution < -0.4 is 0 Å². The molecule has 7 nitrogen and oxygen atoms in total. The van der Waals surface area contributed by atoms with Crippen molar-refractivity contribution in [3.8, 4) is 11.3 Å². The van der Waals surface area contributed by atoms with Gasteiger partial charge < -0.3 is 9.15 Å². The van der Waals surface area contributed by atoms with Crippen molar-refractivity contribution in [2.24, 2.45) is 4.99 Å². The number of nitrogens with zero attached hydrogens (tertiary/aromatic N) is 2. The van der Waals surface area contributed by atoms with Gasteiger partial charge in [-0.1, -0.05) is 18.2 Å². The molecular formula is C20H11FN2O5. The van der Waals surface area contributed by atoms with E-state index in [0.717, 1.165) is 0 Å². The third-order valence-corrected chi connectivity index (χ3v) is 3.94. The molecule has 0 aliphatic carbocycles. The smallest absolute Gasteiger partial charge is 0.363 e. The van der Waals surface area contributed by atoms with E-state index in [1.165, 1.54) is 36.4 Å². The quantitative estimate of drug-likeness (QED) is 0.291. The summed E-state index contributed by atoms with van der Waals surface area (Å²) >= 11 is 0. The van der Waals surface area contributed by atoms with E-state index >= 15 is 0 Å². The molecule has 0 spiro atoms. The number of cyclic esters (lactones) is 1. The molecule has 0 unspecified atom stereocenters. The number of esters is 1. The third kappa shape index (κ3) is 3.43.